The summed E-state index contributed by atoms with van der Waals surface area (Å²) in [5, 5.41) is 8.64. The minimum absolute atomic E-state index is 0.0409. The largest absolute Gasteiger partial charge is 0.360 e. The summed E-state index contributed by atoms with van der Waals surface area (Å²) in [6, 6.07) is 12.0. The van der Waals surface area contributed by atoms with Crippen molar-refractivity contribution in [3.05, 3.63) is 60.0 Å². The topological polar surface area (TPSA) is 85.6 Å². The zero-order valence-corrected chi connectivity index (χ0v) is 20.6. The van der Waals surface area contributed by atoms with E-state index in [9.17, 15) is 4.79 Å². The van der Waals surface area contributed by atoms with Gasteiger partial charge in [0.1, 0.15) is 5.69 Å². The molecule has 5 rings (SSSR count). The van der Waals surface area contributed by atoms with Crippen molar-refractivity contribution >= 4 is 11.6 Å². The highest BCUT2D eigenvalue weighted by molar-refractivity contribution is 5.83. The summed E-state index contributed by atoms with van der Waals surface area (Å²) >= 11 is 0. The number of aryl methyl sites for hydroxylation is 1. The first-order chi connectivity index (χ1) is 16.9. The second-order valence-electron chi connectivity index (χ2n) is 10.1. The molecule has 0 aliphatic carbocycles. The van der Waals surface area contributed by atoms with Gasteiger partial charge in [-0.2, -0.15) is 0 Å². The molecule has 1 amide bonds. The summed E-state index contributed by atoms with van der Waals surface area (Å²) in [4.78, 5) is 21.1. The average molecular weight is 477 g/mol. The van der Waals surface area contributed by atoms with Crippen LogP contribution in [-0.4, -0.2) is 69.9 Å². The number of hydrogen-bond donors (Lipinski definition) is 0. The summed E-state index contributed by atoms with van der Waals surface area (Å²) in [6.45, 7) is 10.5. The Bertz CT molecular complexity index is 1170. The fraction of sp³-hybridized carbons (Fsp3) is 0.462. The Labute approximate surface area is 205 Å². The summed E-state index contributed by atoms with van der Waals surface area (Å²) in [7, 11) is 0. The van der Waals surface area contributed by atoms with Crippen LogP contribution in [0.2, 0.25) is 0 Å². The van der Waals surface area contributed by atoms with Gasteiger partial charge >= 0.3 is 0 Å². The second-order valence-corrected chi connectivity index (χ2v) is 10.1. The molecule has 3 aromatic rings. The van der Waals surface area contributed by atoms with E-state index in [4.69, 9.17) is 9.47 Å². The Morgan fingerprint density at radius 1 is 1.11 bits per heavy atom. The van der Waals surface area contributed by atoms with Crippen molar-refractivity contribution in [2.45, 2.75) is 40.2 Å². The SMILES string of the molecule is Cc1cc(N2CCN(Cc3ccccn3)C(=O)C2)ccc1-c1cn(CC2OCC(C)(C)CO2)nn1. The van der Waals surface area contributed by atoms with Crippen molar-refractivity contribution in [1.82, 2.24) is 24.9 Å². The quantitative estimate of drug-likeness (QED) is 0.541. The smallest absolute Gasteiger partial charge is 0.242 e. The van der Waals surface area contributed by atoms with Crippen LogP contribution in [0.1, 0.15) is 25.1 Å². The molecular formula is C26H32N6O3. The Kier molecular flexibility index (Phi) is 6.53. The van der Waals surface area contributed by atoms with Gasteiger partial charge in [0.2, 0.25) is 5.91 Å². The number of benzene rings is 1. The van der Waals surface area contributed by atoms with Gasteiger partial charge in [0, 0.05) is 36.0 Å². The summed E-state index contributed by atoms with van der Waals surface area (Å²) in [5.74, 6) is 0.113. The molecule has 9 nitrogen and oxygen atoms in total. The molecule has 2 aliphatic rings. The van der Waals surface area contributed by atoms with Crippen LogP contribution >= 0.6 is 0 Å². The fourth-order valence-corrected chi connectivity index (χ4v) is 4.41. The van der Waals surface area contributed by atoms with Gasteiger partial charge in [-0.25, -0.2) is 4.68 Å². The molecule has 1 aromatic carbocycles. The molecule has 0 unspecified atom stereocenters. The van der Waals surface area contributed by atoms with Crippen LogP contribution in [0, 0.1) is 12.3 Å². The fourth-order valence-electron chi connectivity index (χ4n) is 4.41. The Hall–Kier alpha value is -3.30. The highest BCUT2D eigenvalue weighted by Crippen LogP contribution is 2.28. The third-order valence-corrected chi connectivity index (χ3v) is 6.44. The number of carbonyl (C=O) groups is 1. The van der Waals surface area contributed by atoms with E-state index in [-0.39, 0.29) is 17.6 Å². The maximum Gasteiger partial charge on any atom is 0.242 e. The predicted molar refractivity (Wildman–Crippen MR) is 132 cm³/mol. The highest BCUT2D eigenvalue weighted by Gasteiger charge is 2.29. The van der Waals surface area contributed by atoms with E-state index in [1.807, 2.05) is 29.3 Å². The monoisotopic (exact) mass is 476 g/mol. The van der Waals surface area contributed by atoms with Gasteiger partial charge in [-0.05, 0) is 36.8 Å². The molecule has 2 fully saturated rings. The van der Waals surface area contributed by atoms with Gasteiger partial charge < -0.3 is 19.3 Å². The molecule has 184 valence electrons. The first kappa shape index (κ1) is 23.4. The lowest BCUT2D eigenvalue weighted by molar-refractivity contribution is -0.227. The molecule has 2 aromatic heterocycles. The zero-order chi connectivity index (χ0) is 24.4. The minimum Gasteiger partial charge on any atom is -0.360 e. The summed E-state index contributed by atoms with van der Waals surface area (Å²) < 4.78 is 13.4. The number of rotatable bonds is 6. The van der Waals surface area contributed by atoms with Crippen LogP contribution in [-0.2, 0) is 27.4 Å². The lowest BCUT2D eigenvalue weighted by atomic mass is 9.96. The van der Waals surface area contributed by atoms with Crippen LogP contribution in [0.3, 0.4) is 0 Å². The first-order valence-electron chi connectivity index (χ1n) is 12.0. The standard InChI is InChI=1S/C26H32N6O3/c1-19-12-21(30-10-11-31(24(33)15-30)13-20-6-4-5-9-27-20)7-8-22(19)23-14-32(29-28-23)16-25-34-17-26(2,3)18-35-25/h4-9,12,14,25H,10-11,13,15-18H2,1-3H3. The van der Waals surface area contributed by atoms with Gasteiger partial charge in [-0.1, -0.05) is 31.2 Å². The second kappa shape index (κ2) is 9.75. The Balaban J connectivity index is 1.21. The van der Waals surface area contributed by atoms with Gasteiger partial charge in [0.05, 0.1) is 44.7 Å². The van der Waals surface area contributed by atoms with E-state index in [0.717, 1.165) is 34.7 Å². The number of carbonyl (C=O) groups excluding carboxylic acids is 1. The van der Waals surface area contributed by atoms with E-state index in [1.54, 1.807) is 10.9 Å². The Morgan fingerprint density at radius 2 is 1.94 bits per heavy atom. The maximum absolute atomic E-state index is 12.8. The summed E-state index contributed by atoms with van der Waals surface area (Å²) in [5.41, 5.74) is 4.90. The van der Waals surface area contributed by atoms with E-state index in [0.29, 0.717) is 39.4 Å². The number of amides is 1. The molecular weight excluding hydrogens is 444 g/mol. The highest BCUT2D eigenvalue weighted by atomic mass is 16.7. The Morgan fingerprint density at radius 3 is 2.66 bits per heavy atom. The van der Waals surface area contributed by atoms with Crippen molar-refractivity contribution in [3.63, 3.8) is 0 Å². The van der Waals surface area contributed by atoms with Crippen molar-refractivity contribution in [2.75, 3.05) is 37.7 Å². The van der Waals surface area contributed by atoms with Gasteiger partial charge in [0.25, 0.3) is 0 Å². The third kappa shape index (κ3) is 5.52. The number of aromatic nitrogens is 4. The summed E-state index contributed by atoms with van der Waals surface area (Å²) in [6.07, 6.45) is 3.38. The number of pyridine rings is 1. The lowest BCUT2D eigenvalue weighted by Gasteiger charge is -2.35. The van der Waals surface area contributed by atoms with E-state index < -0.39 is 0 Å². The molecule has 2 aliphatic heterocycles. The van der Waals surface area contributed by atoms with Crippen LogP contribution in [0.4, 0.5) is 5.69 Å². The number of anilines is 1. The van der Waals surface area contributed by atoms with Gasteiger partial charge in [-0.3, -0.25) is 9.78 Å². The zero-order valence-electron chi connectivity index (χ0n) is 20.6. The van der Waals surface area contributed by atoms with E-state index >= 15 is 0 Å². The van der Waals surface area contributed by atoms with Crippen LogP contribution in [0.15, 0.2) is 48.8 Å². The number of ether oxygens (including phenoxy) is 2. The molecule has 0 radical (unpaired) electrons. The maximum atomic E-state index is 12.8. The van der Waals surface area contributed by atoms with Crippen molar-refractivity contribution in [2.24, 2.45) is 5.41 Å². The van der Waals surface area contributed by atoms with Crippen molar-refractivity contribution in [1.29, 1.82) is 0 Å². The predicted octanol–water partition coefficient (Wildman–Crippen LogP) is 2.90. The van der Waals surface area contributed by atoms with Crippen molar-refractivity contribution in [3.8, 4) is 11.3 Å². The van der Waals surface area contributed by atoms with Gasteiger partial charge in [-0.15, -0.1) is 5.10 Å². The van der Waals surface area contributed by atoms with Crippen LogP contribution in [0.25, 0.3) is 11.3 Å². The molecule has 2 saturated heterocycles. The van der Waals surface area contributed by atoms with Crippen LogP contribution < -0.4 is 4.90 Å². The molecule has 0 saturated carbocycles. The molecule has 0 N–H and O–H groups in total. The number of nitrogens with zero attached hydrogens (tertiary/aromatic N) is 6. The van der Waals surface area contributed by atoms with E-state index in [1.165, 1.54) is 0 Å². The minimum atomic E-state index is -0.310. The average Bonchev–Trinajstić information content (AvgIpc) is 3.30. The lowest BCUT2D eigenvalue weighted by Crippen LogP contribution is -2.50. The number of hydrogen-bond acceptors (Lipinski definition) is 7. The van der Waals surface area contributed by atoms with Gasteiger partial charge in [0.15, 0.2) is 6.29 Å². The molecule has 0 bridgehead atoms. The number of piperazine rings is 1. The third-order valence-electron chi connectivity index (χ3n) is 6.44. The molecule has 9 heteroatoms. The first-order valence-corrected chi connectivity index (χ1v) is 12.0. The normalized spacial score (nSPS) is 18.8. The molecule has 0 spiro atoms. The van der Waals surface area contributed by atoms with Crippen molar-refractivity contribution < 1.29 is 14.3 Å². The van der Waals surface area contributed by atoms with Crippen LogP contribution in [0.5, 0.6) is 0 Å². The molecule has 4 heterocycles. The molecule has 35 heavy (non-hydrogen) atoms. The molecule has 0 atom stereocenters. The van der Waals surface area contributed by atoms with E-state index in [2.05, 4.69) is 59.2 Å².